The van der Waals surface area contributed by atoms with Crippen LogP contribution in [0.5, 0.6) is 11.6 Å². The number of aromatic nitrogens is 2. The lowest BCUT2D eigenvalue weighted by Gasteiger charge is -2.09. The lowest BCUT2D eigenvalue weighted by atomic mass is 10.0. The van der Waals surface area contributed by atoms with Crippen LogP contribution in [-0.4, -0.2) is 15.9 Å². The molecule has 5 nitrogen and oxygen atoms in total. The third kappa shape index (κ3) is 4.22. The molecule has 4 rings (SSSR count). The van der Waals surface area contributed by atoms with Crippen molar-refractivity contribution < 1.29 is 9.53 Å². The highest BCUT2D eigenvalue weighted by molar-refractivity contribution is 6.04. The van der Waals surface area contributed by atoms with Crippen LogP contribution in [0, 0.1) is 0 Å². The number of hydrogen-bond donors (Lipinski definition) is 1. The van der Waals surface area contributed by atoms with Gasteiger partial charge in [0.15, 0.2) is 0 Å². The Morgan fingerprint density at radius 3 is 2.36 bits per heavy atom. The summed E-state index contributed by atoms with van der Waals surface area (Å²) in [5, 5.41) is 2.89. The van der Waals surface area contributed by atoms with E-state index in [4.69, 9.17) is 4.74 Å². The summed E-state index contributed by atoms with van der Waals surface area (Å²) in [6.45, 7) is 0. The molecule has 0 radical (unpaired) electrons. The van der Waals surface area contributed by atoms with E-state index in [1.165, 1.54) is 6.20 Å². The molecule has 1 aromatic heterocycles. The van der Waals surface area contributed by atoms with Crippen LogP contribution in [0.1, 0.15) is 10.4 Å². The van der Waals surface area contributed by atoms with Crippen LogP contribution in [0.3, 0.4) is 0 Å². The third-order valence-corrected chi connectivity index (χ3v) is 4.11. The van der Waals surface area contributed by atoms with Crippen LogP contribution in [0.25, 0.3) is 11.1 Å². The molecule has 4 aromatic rings. The van der Waals surface area contributed by atoms with E-state index in [1.54, 1.807) is 36.7 Å². The number of nitrogens with zero attached hydrogens (tertiary/aromatic N) is 2. The van der Waals surface area contributed by atoms with Gasteiger partial charge in [-0.05, 0) is 35.4 Å². The van der Waals surface area contributed by atoms with E-state index in [0.29, 0.717) is 22.9 Å². The molecule has 28 heavy (non-hydrogen) atoms. The highest BCUT2D eigenvalue weighted by Crippen LogP contribution is 2.23. The van der Waals surface area contributed by atoms with Crippen LogP contribution in [-0.2, 0) is 0 Å². The zero-order chi connectivity index (χ0) is 19.2. The van der Waals surface area contributed by atoms with E-state index < -0.39 is 0 Å². The first kappa shape index (κ1) is 17.4. The minimum Gasteiger partial charge on any atom is -0.437 e. The zero-order valence-corrected chi connectivity index (χ0v) is 14.9. The second-order valence-corrected chi connectivity index (χ2v) is 6.07. The number of hydrogen-bond acceptors (Lipinski definition) is 4. The summed E-state index contributed by atoms with van der Waals surface area (Å²) in [6.07, 6.45) is 4.66. The average molecular weight is 367 g/mol. The molecule has 1 N–H and O–H groups in total. The van der Waals surface area contributed by atoms with E-state index in [2.05, 4.69) is 15.3 Å². The van der Waals surface area contributed by atoms with Gasteiger partial charge in [-0.3, -0.25) is 9.78 Å². The SMILES string of the molecule is O=C(Nc1cccc(Oc2cnccn2)c1)c1ccc(-c2ccccc2)cc1. The van der Waals surface area contributed by atoms with Gasteiger partial charge in [0.25, 0.3) is 5.91 Å². The molecule has 5 heteroatoms. The molecule has 0 unspecified atom stereocenters. The summed E-state index contributed by atoms with van der Waals surface area (Å²) >= 11 is 0. The molecule has 0 saturated carbocycles. The number of ether oxygens (including phenoxy) is 1. The van der Waals surface area contributed by atoms with Gasteiger partial charge in [-0.15, -0.1) is 0 Å². The number of carbonyl (C=O) groups excluding carboxylic acids is 1. The lowest BCUT2D eigenvalue weighted by molar-refractivity contribution is 0.102. The second kappa shape index (κ2) is 8.14. The molecule has 1 heterocycles. The van der Waals surface area contributed by atoms with Crippen LogP contribution >= 0.6 is 0 Å². The van der Waals surface area contributed by atoms with Crippen molar-refractivity contribution in [2.45, 2.75) is 0 Å². The molecule has 0 saturated heterocycles. The molecular weight excluding hydrogens is 350 g/mol. The molecule has 3 aromatic carbocycles. The van der Waals surface area contributed by atoms with E-state index in [9.17, 15) is 4.79 Å². The smallest absolute Gasteiger partial charge is 0.255 e. The van der Waals surface area contributed by atoms with E-state index in [1.807, 2.05) is 54.6 Å². The fraction of sp³-hybridized carbons (Fsp3) is 0. The topological polar surface area (TPSA) is 64.1 Å². The molecule has 0 spiro atoms. The number of anilines is 1. The van der Waals surface area contributed by atoms with Crippen LogP contribution in [0.15, 0.2) is 97.5 Å². The van der Waals surface area contributed by atoms with Gasteiger partial charge in [0.05, 0.1) is 6.20 Å². The quantitative estimate of drug-likeness (QED) is 0.527. The molecular formula is C23H17N3O2. The molecule has 1 amide bonds. The van der Waals surface area contributed by atoms with Crippen molar-refractivity contribution in [2.75, 3.05) is 5.32 Å². The predicted octanol–water partition coefficient (Wildman–Crippen LogP) is 5.19. The third-order valence-electron chi connectivity index (χ3n) is 4.11. The average Bonchev–Trinajstić information content (AvgIpc) is 2.75. The Labute approximate surface area is 162 Å². The summed E-state index contributed by atoms with van der Waals surface area (Å²) < 4.78 is 5.65. The fourth-order valence-electron chi connectivity index (χ4n) is 2.74. The maximum absolute atomic E-state index is 12.6. The van der Waals surface area contributed by atoms with Crippen LogP contribution in [0.2, 0.25) is 0 Å². The van der Waals surface area contributed by atoms with Gasteiger partial charge in [-0.25, -0.2) is 4.98 Å². The molecule has 0 atom stereocenters. The first-order valence-electron chi connectivity index (χ1n) is 8.79. The zero-order valence-electron chi connectivity index (χ0n) is 14.9. The highest BCUT2D eigenvalue weighted by atomic mass is 16.5. The summed E-state index contributed by atoms with van der Waals surface area (Å²) in [6, 6.07) is 24.7. The van der Waals surface area contributed by atoms with Gasteiger partial charge < -0.3 is 10.1 Å². The first-order valence-corrected chi connectivity index (χ1v) is 8.79. The Morgan fingerprint density at radius 1 is 0.821 bits per heavy atom. The Bertz CT molecular complexity index is 1070. The summed E-state index contributed by atoms with van der Waals surface area (Å²) in [7, 11) is 0. The van der Waals surface area contributed by atoms with Crippen molar-refractivity contribution in [1.82, 2.24) is 9.97 Å². The number of amides is 1. The van der Waals surface area contributed by atoms with Gasteiger partial charge in [0.2, 0.25) is 5.88 Å². The molecule has 0 aliphatic carbocycles. The number of rotatable bonds is 5. The Balaban J connectivity index is 1.45. The normalized spacial score (nSPS) is 10.3. The summed E-state index contributed by atoms with van der Waals surface area (Å²) in [5.41, 5.74) is 3.40. The van der Waals surface area contributed by atoms with Gasteiger partial charge in [-0.2, -0.15) is 0 Å². The van der Waals surface area contributed by atoms with Gasteiger partial charge in [0.1, 0.15) is 5.75 Å². The van der Waals surface area contributed by atoms with Crippen molar-refractivity contribution in [1.29, 1.82) is 0 Å². The molecule has 0 aliphatic heterocycles. The van der Waals surface area contributed by atoms with Crippen LogP contribution in [0.4, 0.5) is 5.69 Å². The van der Waals surface area contributed by atoms with Crippen molar-refractivity contribution in [3.05, 3.63) is 103 Å². The maximum Gasteiger partial charge on any atom is 0.255 e. The predicted molar refractivity (Wildman–Crippen MR) is 108 cm³/mol. The molecule has 136 valence electrons. The van der Waals surface area contributed by atoms with Crippen molar-refractivity contribution in [2.24, 2.45) is 0 Å². The summed E-state index contributed by atoms with van der Waals surface area (Å²) in [4.78, 5) is 20.6. The van der Waals surface area contributed by atoms with Gasteiger partial charge in [0, 0.05) is 29.7 Å². The van der Waals surface area contributed by atoms with Crippen molar-refractivity contribution >= 4 is 11.6 Å². The summed E-state index contributed by atoms with van der Waals surface area (Å²) in [5.74, 6) is 0.775. The molecule has 0 aliphatic rings. The fourth-order valence-corrected chi connectivity index (χ4v) is 2.74. The Kier molecular flexibility index (Phi) is 5.06. The Morgan fingerprint density at radius 2 is 1.61 bits per heavy atom. The largest absolute Gasteiger partial charge is 0.437 e. The molecule has 0 fully saturated rings. The lowest BCUT2D eigenvalue weighted by Crippen LogP contribution is -2.11. The minimum atomic E-state index is -0.184. The number of carbonyl (C=O) groups is 1. The standard InChI is InChI=1S/C23H17N3O2/c27-23(19-11-9-18(10-12-19)17-5-2-1-3-6-17)26-20-7-4-8-21(15-20)28-22-16-24-13-14-25-22/h1-16H,(H,26,27). The van der Waals surface area contributed by atoms with E-state index in [0.717, 1.165) is 11.1 Å². The monoisotopic (exact) mass is 367 g/mol. The van der Waals surface area contributed by atoms with E-state index >= 15 is 0 Å². The van der Waals surface area contributed by atoms with Crippen molar-refractivity contribution in [3.63, 3.8) is 0 Å². The maximum atomic E-state index is 12.6. The Hall–Kier alpha value is -3.99. The van der Waals surface area contributed by atoms with Gasteiger partial charge >= 0.3 is 0 Å². The highest BCUT2D eigenvalue weighted by Gasteiger charge is 2.08. The second-order valence-electron chi connectivity index (χ2n) is 6.07. The number of benzene rings is 3. The van der Waals surface area contributed by atoms with E-state index in [-0.39, 0.29) is 5.91 Å². The van der Waals surface area contributed by atoms with Gasteiger partial charge in [-0.1, -0.05) is 48.5 Å². The number of nitrogens with one attached hydrogen (secondary N) is 1. The van der Waals surface area contributed by atoms with Crippen molar-refractivity contribution in [3.8, 4) is 22.8 Å². The van der Waals surface area contributed by atoms with Crippen LogP contribution < -0.4 is 10.1 Å². The first-order chi connectivity index (χ1) is 13.8. The minimum absolute atomic E-state index is 0.184. The molecule has 0 bridgehead atoms.